The summed E-state index contributed by atoms with van der Waals surface area (Å²) in [5.41, 5.74) is 0.947. The van der Waals surface area contributed by atoms with Gasteiger partial charge in [0.2, 0.25) is 5.56 Å². The molecule has 0 saturated carbocycles. The molecule has 0 amide bonds. The molecule has 1 aromatic heterocycles. The predicted molar refractivity (Wildman–Crippen MR) is 58.1 cm³/mol. The molecule has 84 valence electrons. The second-order valence-electron chi connectivity index (χ2n) is 3.43. The van der Waals surface area contributed by atoms with Gasteiger partial charge in [0.05, 0.1) is 6.10 Å². The maximum atomic E-state index is 10.9. The first-order valence-corrected chi connectivity index (χ1v) is 5.21. The van der Waals surface area contributed by atoms with Crippen LogP contribution < -0.4 is 5.56 Å². The van der Waals surface area contributed by atoms with E-state index < -0.39 is 12.2 Å². The average molecular weight is 232 g/mol. The lowest BCUT2D eigenvalue weighted by atomic mass is 10.0. The van der Waals surface area contributed by atoms with Crippen LogP contribution in [0.3, 0.4) is 0 Å². The van der Waals surface area contributed by atoms with Gasteiger partial charge >= 0.3 is 0 Å². The molecular formula is C10H14ClNO3. The summed E-state index contributed by atoms with van der Waals surface area (Å²) in [6.07, 6.45) is -0.200. The van der Waals surface area contributed by atoms with E-state index in [0.717, 1.165) is 0 Å². The molecule has 1 aromatic rings. The highest BCUT2D eigenvalue weighted by atomic mass is 35.5. The van der Waals surface area contributed by atoms with Gasteiger partial charge < -0.3 is 15.2 Å². The van der Waals surface area contributed by atoms with Crippen LogP contribution in [0, 0.1) is 6.92 Å². The smallest absolute Gasteiger partial charge is 0.248 e. The van der Waals surface area contributed by atoms with Gasteiger partial charge in [0, 0.05) is 23.7 Å². The highest BCUT2D eigenvalue weighted by Gasteiger charge is 2.19. The Hall–Kier alpha value is -0.840. The number of hydrogen-bond acceptors (Lipinski definition) is 3. The van der Waals surface area contributed by atoms with Crippen LogP contribution in [0.4, 0.5) is 0 Å². The molecule has 0 aliphatic heterocycles. The number of aromatic nitrogens is 1. The van der Waals surface area contributed by atoms with E-state index in [9.17, 15) is 15.0 Å². The van der Waals surface area contributed by atoms with Crippen LogP contribution in [0.25, 0.3) is 0 Å². The summed E-state index contributed by atoms with van der Waals surface area (Å²) in [5, 5.41) is 19.3. The summed E-state index contributed by atoms with van der Waals surface area (Å²) in [4.78, 5) is 13.4. The fourth-order valence-corrected chi connectivity index (χ4v) is 1.60. The third-order valence-electron chi connectivity index (χ3n) is 2.26. The van der Waals surface area contributed by atoms with E-state index in [0.29, 0.717) is 17.5 Å². The van der Waals surface area contributed by atoms with Gasteiger partial charge in [0.25, 0.3) is 0 Å². The molecule has 0 saturated heterocycles. The summed E-state index contributed by atoms with van der Waals surface area (Å²) >= 11 is 5.46. The molecule has 2 atom stereocenters. The quantitative estimate of drug-likeness (QED) is 0.668. The van der Waals surface area contributed by atoms with Gasteiger partial charge in [-0.05, 0) is 18.9 Å². The number of pyridine rings is 1. The fourth-order valence-electron chi connectivity index (χ4n) is 1.38. The number of aliphatic hydroxyl groups is 2. The third-order valence-corrected chi connectivity index (χ3v) is 2.48. The van der Waals surface area contributed by atoms with Gasteiger partial charge in [0.1, 0.15) is 6.10 Å². The molecule has 0 aliphatic rings. The Morgan fingerprint density at radius 1 is 1.53 bits per heavy atom. The summed E-state index contributed by atoms with van der Waals surface area (Å²) < 4.78 is 0. The lowest BCUT2D eigenvalue weighted by Gasteiger charge is -2.18. The second-order valence-corrected chi connectivity index (χ2v) is 3.80. The molecule has 0 radical (unpaired) electrons. The number of aromatic amines is 1. The Labute approximate surface area is 92.5 Å². The van der Waals surface area contributed by atoms with Crippen LogP contribution in [-0.4, -0.2) is 27.2 Å². The van der Waals surface area contributed by atoms with E-state index in [1.807, 2.05) is 0 Å². The zero-order valence-electron chi connectivity index (χ0n) is 8.40. The van der Waals surface area contributed by atoms with Crippen molar-refractivity contribution in [3.63, 3.8) is 0 Å². The Morgan fingerprint density at radius 3 is 2.73 bits per heavy atom. The van der Waals surface area contributed by atoms with E-state index >= 15 is 0 Å². The van der Waals surface area contributed by atoms with Crippen molar-refractivity contribution in [2.45, 2.75) is 25.6 Å². The second kappa shape index (κ2) is 5.30. The van der Waals surface area contributed by atoms with E-state index in [4.69, 9.17) is 11.6 Å². The van der Waals surface area contributed by atoms with Gasteiger partial charge in [-0.2, -0.15) is 0 Å². The van der Waals surface area contributed by atoms with Gasteiger partial charge in [-0.25, -0.2) is 0 Å². The largest absolute Gasteiger partial charge is 0.390 e. The van der Waals surface area contributed by atoms with Gasteiger partial charge in [-0.1, -0.05) is 0 Å². The van der Waals surface area contributed by atoms with Crippen molar-refractivity contribution < 1.29 is 10.2 Å². The number of rotatable bonds is 4. The maximum absolute atomic E-state index is 10.9. The van der Waals surface area contributed by atoms with E-state index in [1.54, 1.807) is 6.92 Å². The molecule has 5 heteroatoms. The molecule has 0 fully saturated rings. The molecule has 2 unspecified atom stereocenters. The third kappa shape index (κ3) is 3.06. The van der Waals surface area contributed by atoms with Crippen LogP contribution in [0.15, 0.2) is 17.1 Å². The Balaban J connectivity index is 2.90. The van der Waals surface area contributed by atoms with E-state index in [-0.39, 0.29) is 11.4 Å². The van der Waals surface area contributed by atoms with Crippen molar-refractivity contribution in [2.24, 2.45) is 0 Å². The number of H-pyrrole nitrogens is 1. The molecule has 4 nitrogen and oxygen atoms in total. The molecular weight excluding hydrogens is 218 g/mol. The molecule has 0 aromatic carbocycles. The number of halogens is 1. The molecule has 0 spiro atoms. The highest BCUT2D eigenvalue weighted by molar-refractivity contribution is 6.17. The van der Waals surface area contributed by atoms with Crippen LogP contribution in [0.5, 0.6) is 0 Å². The molecule has 1 rings (SSSR count). The first-order valence-electron chi connectivity index (χ1n) is 4.67. The number of alkyl halides is 1. The summed E-state index contributed by atoms with van der Waals surface area (Å²) in [7, 11) is 0. The Bertz CT molecular complexity index is 377. The fraction of sp³-hybridized carbons (Fsp3) is 0.500. The zero-order valence-corrected chi connectivity index (χ0v) is 9.16. The van der Waals surface area contributed by atoms with Crippen molar-refractivity contribution in [1.82, 2.24) is 4.98 Å². The lowest BCUT2D eigenvalue weighted by molar-refractivity contribution is 0.0164. The Morgan fingerprint density at radius 2 is 2.20 bits per heavy atom. The zero-order chi connectivity index (χ0) is 11.4. The first kappa shape index (κ1) is 12.2. The topological polar surface area (TPSA) is 73.3 Å². The van der Waals surface area contributed by atoms with Crippen LogP contribution in [0.1, 0.15) is 23.7 Å². The lowest BCUT2D eigenvalue weighted by Crippen LogP contribution is -2.21. The van der Waals surface area contributed by atoms with Crippen molar-refractivity contribution in [3.05, 3.63) is 33.7 Å². The Kier molecular flexibility index (Phi) is 4.32. The van der Waals surface area contributed by atoms with Crippen molar-refractivity contribution in [3.8, 4) is 0 Å². The summed E-state index contributed by atoms with van der Waals surface area (Å²) in [6, 6.07) is 1.38. The number of nitrogens with one attached hydrogen (secondary N) is 1. The van der Waals surface area contributed by atoms with Crippen LogP contribution in [-0.2, 0) is 0 Å². The van der Waals surface area contributed by atoms with E-state index in [2.05, 4.69) is 4.98 Å². The monoisotopic (exact) mass is 231 g/mol. The minimum Gasteiger partial charge on any atom is -0.390 e. The molecule has 0 bridgehead atoms. The number of hydrogen-bond donors (Lipinski definition) is 3. The van der Waals surface area contributed by atoms with E-state index in [1.165, 1.54) is 12.3 Å². The number of aliphatic hydroxyl groups excluding tert-OH is 2. The van der Waals surface area contributed by atoms with Crippen molar-refractivity contribution >= 4 is 11.6 Å². The van der Waals surface area contributed by atoms with Crippen molar-refractivity contribution in [1.29, 1.82) is 0 Å². The van der Waals surface area contributed by atoms with Gasteiger partial charge in [0.15, 0.2) is 0 Å². The average Bonchev–Trinajstić information content (AvgIpc) is 2.17. The minimum absolute atomic E-state index is 0.227. The molecule has 15 heavy (non-hydrogen) atoms. The standard InChI is InChI=1S/C10H14ClNO3/c1-6-4-9(14)12-5-7(6)10(15)8(13)2-3-11/h4-5,8,10,13,15H,2-3H2,1H3,(H,12,14). The normalized spacial score (nSPS) is 14.9. The maximum Gasteiger partial charge on any atom is 0.248 e. The summed E-state index contributed by atoms with van der Waals surface area (Å²) in [5.74, 6) is 0.278. The van der Waals surface area contributed by atoms with Gasteiger partial charge in [-0.3, -0.25) is 4.79 Å². The van der Waals surface area contributed by atoms with Gasteiger partial charge in [-0.15, -0.1) is 11.6 Å². The molecule has 3 N–H and O–H groups in total. The first-order chi connectivity index (χ1) is 7.06. The molecule has 1 heterocycles. The van der Waals surface area contributed by atoms with Crippen molar-refractivity contribution in [2.75, 3.05) is 5.88 Å². The highest BCUT2D eigenvalue weighted by Crippen LogP contribution is 2.20. The SMILES string of the molecule is Cc1cc(=O)[nH]cc1C(O)C(O)CCCl. The summed E-state index contributed by atoms with van der Waals surface area (Å²) in [6.45, 7) is 1.71. The van der Waals surface area contributed by atoms with Crippen LogP contribution >= 0.6 is 11.6 Å². The number of aryl methyl sites for hydroxylation is 1. The predicted octanol–water partition coefficient (Wildman–Crippen LogP) is 0.707. The minimum atomic E-state index is -1.01. The van der Waals surface area contributed by atoms with Crippen LogP contribution in [0.2, 0.25) is 0 Å². The molecule has 0 aliphatic carbocycles.